The van der Waals surface area contributed by atoms with Crippen molar-refractivity contribution in [2.75, 3.05) is 13.1 Å². The topological polar surface area (TPSA) is 41.1 Å². The standard InChI is InChI=1S/C18H22N2O.ClH/c1-13(20-18(21)15-8-10-19-11-9-15)16-7-6-14-4-2-3-5-17(14)12-16;/h2-7,12-13,15,19H,8-11H2,1H3,(H,20,21);1H. The third-order valence-corrected chi connectivity index (χ3v) is 4.34. The second-order valence-corrected chi connectivity index (χ2v) is 5.86. The van der Waals surface area contributed by atoms with Gasteiger partial charge in [-0.15, -0.1) is 12.4 Å². The van der Waals surface area contributed by atoms with Gasteiger partial charge in [0.05, 0.1) is 6.04 Å². The zero-order valence-electron chi connectivity index (χ0n) is 12.8. The molecule has 1 heterocycles. The van der Waals surface area contributed by atoms with E-state index >= 15 is 0 Å². The lowest BCUT2D eigenvalue weighted by atomic mass is 9.96. The second kappa shape index (κ2) is 7.61. The fourth-order valence-corrected chi connectivity index (χ4v) is 2.98. The number of halogens is 1. The molecule has 3 nitrogen and oxygen atoms in total. The molecule has 1 aliphatic rings. The Labute approximate surface area is 137 Å². The summed E-state index contributed by atoms with van der Waals surface area (Å²) in [5.41, 5.74) is 1.16. The lowest BCUT2D eigenvalue weighted by molar-refractivity contribution is -0.126. The number of piperidine rings is 1. The fraction of sp³-hybridized carbons (Fsp3) is 0.389. The number of amides is 1. The van der Waals surface area contributed by atoms with E-state index in [-0.39, 0.29) is 30.3 Å². The average Bonchev–Trinajstić information content (AvgIpc) is 2.55. The van der Waals surface area contributed by atoms with Crippen LogP contribution in [0.1, 0.15) is 31.4 Å². The average molecular weight is 319 g/mol. The molecule has 0 saturated carbocycles. The van der Waals surface area contributed by atoms with Crippen molar-refractivity contribution < 1.29 is 4.79 Å². The molecule has 0 aliphatic carbocycles. The number of carbonyl (C=O) groups excluding carboxylic acids is 1. The monoisotopic (exact) mass is 318 g/mol. The van der Waals surface area contributed by atoms with Crippen LogP contribution in [0.15, 0.2) is 42.5 Å². The third-order valence-electron chi connectivity index (χ3n) is 4.34. The molecular weight excluding hydrogens is 296 g/mol. The summed E-state index contributed by atoms with van der Waals surface area (Å²) in [5, 5.41) is 8.91. The molecule has 1 unspecified atom stereocenters. The molecular formula is C18H23ClN2O. The highest BCUT2D eigenvalue weighted by atomic mass is 35.5. The van der Waals surface area contributed by atoms with E-state index < -0.39 is 0 Å². The van der Waals surface area contributed by atoms with Gasteiger partial charge in [-0.25, -0.2) is 0 Å². The van der Waals surface area contributed by atoms with E-state index in [9.17, 15) is 4.79 Å². The van der Waals surface area contributed by atoms with Gasteiger partial charge in [0.2, 0.25) is 5.91 Å². The molecule has 4 heteroatoms. The molecule has 1 saturated heterocycles. The maximum absolute atomic E-state index is 12.3. The maximum atomic E-state index is 12.3. The van der Waals surface area contributed by atoms with Crippen LogP contribution in [0.25, 0.3) is 10.8 Å². The van der Waals surface area contributed by atoms with Gasteiger partial charge in [-0.3, -0.25) is 4.79 Å². The molecule has 2 aromatic carbocycles. The summed E-state index contributed by atoms with van der Waals surface area (Å²) in [4.78, 5) is 12.3. The van der Waals surface area contributed by atoms with Crippen molar-refractivity contribution in [2.45, 2.75) is 25.8 Å². The summed E-state index contributed by atoms with van der Waals surface area (Å²) in [5.74, 6) is 0.353. The molecule has 0 radical (unpaired) electrons. The summed E-state index contributed by atoms with van der Waals surface area (Å²) in [6.07, 6.45) is 1.88. The first-order chi connectivity index (χ1) is 10.2. The zero-order chi connectivity index (χ0) is 14.7. The molecule has 1 fully saturated rings. The van der Waals surface area contributed by atoms with E-state index in [2.05, 4.69) is 47.9 Å². The Bertz CT molecular complexity index is 638. The minimum Gasteiger partial charge on any atom is -0.349 e. The third kappa shape index (κ3) is 3.79. The molecule has 1 amide bonds. The molecule has 2 N–H and O–H groups in total. The van der Waals surface area contributed by atoms with Crippen molar-refractivity contribution in [2.24, 2.45) is 5.92 Å². The van der Waals surface area contributed by atoms with Crippen molar-refractivity contribution in [3.8, 4) is 0 Å². The van der Waals surface area contributed by atoms with Crippen LogP contribution in [0.5, 0.6) is 0 Å². The predicted octanol–water partition coefficient (Wildman–Crippen LogP) is 3.44. The van der Waals surface area contributed by atoms with Crippen molar-refractivity contribution in [3.05, 3.63) is 48.0 Å². The van der Waals surface area contributed by atoms with Crippen LogP contribution in [0.3, 0.4) is 0 Å². The number of rotatable bonds is 3. The Kier molecular flexibility index (Phi) is 5.81. The predicted molar refractivity (Wildman–Crippen MR) is 93.3 cm³/mol. The lowest BCUT2D eigenvalue weighted by Crippen LogP contribution is -2.39. The highest BCUT2D eigenvalue weighted by Crippen LogP contribution is 2.21. The van der Waals surface area contributed by atoms with Gasteiger partial charge in [-0.05, 0) is 55.3 Å². The van der Waals surface area contributed by atoms with Crippen LogP contribution in [-0.2, 0) is 4.79 Å². The Hall–Kier alpha value is -1.58. The van der Waals surface area contributed by atoms with E-state index in [1.807, 2.05) is 12.1 Å². The highest BCUT2D eigenvalue weighted by Gasteiger charge is 2.22. The number of fused-ring (bicyclic) bond motifs is 1. The molecule has 2 aromatic rings. The van der Waals surface area contributed by atoms with Gasteiger partial charge >= 0.3 is 0 Å². The summed E-state index contributed by atoms with van der Waals surface area (Å²) in [6.45, 7) is 3.95. The van der Waals surface area contributed by atoms with Crippen LogP contribution in [0.2, 0.25) is 0 Å². The summed E-state index contributed by atoms with van der Waals surface area (Å²) in [7, 11) is 0. The first-order valence-corrected chi connectivity index (χ1v) is 7.74. The SMILES string of the molecule is CC(NC(=O)C1CCNCC1)c1ccc2ccccc2c1.Cl. The Morgan fingerprint density at radius 2 is 1.82 bits per heavy atom. The van der Waals surface area contributed by atoms with E-state index in [0.29, 0.717) is 0 Å². The maximum Gasteiger partial charge on any atom is 0.223 e. The molecule has 0 aromatic heterocycles. The van der Waals surface area contributed by atoms with E-state index in [0.717, 1.165) is 31.5 Å². The molecule has 0 spiro atoms. The van der Waals surface area contributed by atoms with Gasteiger partial charge in [-0.1, -0.05) is 36.4 Å². The summed E-state index contributed by atoms with van der Waals surface area (Å²) >= 11 is 0. The van der Waals surface area contributed by atoms with Crippen molar-refractivity contribution in [1.82, 2.24) is 10.6 Å². The van der Waals surface area contributed by atoms with E-state index in [1.54, 1.807) is 0 Å². The smallest absolute Gasteiger partial charge is 0.223 e. The van der Waals surface area contributed by atoms with Gasteiger partial charge in [0.15, 0.2) is 0 Å². The molecule has 0 bridgehead atoms. The van der Waals surface area contributed by atoms with Crippen LogP contribution >= 0.6 is 12.4 Å². The van der Waals surface area contributed by atoms with Crippen LogP contribution in [-0.4, -0.2) is 19.0 Å². The largest absolute Gasteiger partial charge is 0.349 e. The van der Waals surface area contributed by atoms with Gasteiger partial charge in [-0.2, -0.15) is 0 Å². The van der Waals surface area contributed by atoms with Crippen molar-refractivity contribution in [3.63, 3.8) is 0 Å². The normalized spacial score (nSPS) is 16.8. The first-order valence-electron chi connectivity index (χ1n) is 7.74. The Balaban J connectivity index is 0.00000176. The lowest BCUT2D eigenvalue weighted by Gasteiger charge is -2.24. The van der Waals surface area contributed by atoms with Gasteiger partial charge in [0, 0.05) is 5.92 Å². The molecule has 22 heavy (non-hydrogen) atoms. The number of carbonyl (C=O) groups is 1. The number of hydrogen-bond donors (Lipinski definition) is 2. The minimum absolute atomic E-state index is 0. The van der Waals surface area contributed by atoms with Crippen LogP contribution in [0.4, 0.5) is 0 Å². The van der Waals surface area contributed by atoms with Gasteiger partial charge in [0.25, 0.3) is 0 Å². The quantitative estimate of drug-likeness (QED) is 0.910. The first kappa shape index (κ1) is 16.8. The highest BCUT2D eigenvalue weighted by molar-refractivity contribution is 5.85. The molecule has 1 aliphatic heterocycles. The molecule has 1 atom stereocenters. The number of nitrogens with one attached hydrogen (secondary N) is 2. The number of benzene rings is 2. The van der Waals surface area contributed by atoms with Crippen molar-refractivity contribution in [1.29, 1.82) is 0 Å². The Morgan fingerprint density at radius 1 is 1.14 bits per heavy atom. The molecule has 118 valence electrons. The summed E-state index contributed by atoms with van der Waals surface area (Å²) < 4.78 is 0. The van der Waals surface area contributed by atoms with E-state index in [1.165, 1.54) is 10.8 Å². The van der Waals surface area contributed by atoms with E-state index in [4.69, 9.17) is 0 Å². The Morgan fingerprint density at radius 3 is 2.55 bits per heavy atom. The fourth-order valence-electron chi connectivity index (χ4n) is 2.98. The van der Waals surface area contributed by atoms with Crippen LogP contribution in [0, 0.1) is 5.92 Å². The number of hydrogen-bond acceptors (Lipinski definition) is 2. The molecule has 3 rings (SSSR count). The van der Waals surface area contributed by atoms with Crippen molar-refractivity contribution >= 4 is 29.1 Å². The summed E-state index contributed by atoms with van der Waals surface area (Å²) in [6, 6.07) is 14.8. The minimum atomic E-state index is 0. The zero-order valence-corrected chi connectivity index (χ0v) is 13.7. The van der Waals surface area contributed by atoms with Gasteiger partial charge in [0.1, 0.15) is 0 Å². The van der Waals surface area contributed by atoms with Crippen LogP contribution < -0.4 is 10.6 Å². The van der Waals surface area contributed by atoms with Gasteiger partial charge < -0.3 is 10.6 Å². The second-order valence-electron chi connectivity index (χ2n) is 5.86.